The van der Waals surface area contributed by atoms with Crippen LogP contribution in [0.3, 0.4) is 0 Å². The van der Waals surface area contributed by atoms with Crippen molar-refractivity contribution in [2.45, 2.75) is 22.7 Å². The van der Waals surface area contributed by atoms with Crippen molar-refractivity contribution in [2.75, 3.05) is 18.5 Å². The minimum Gasteiger partial charge on any atom is -0.486 e. The van der Waals surface area contributed by atoms with Crippen molar-refractivity contribution < 1.29 is 19.1 Å². The van der Waals surface area contributed by atoms with Gasteiger partial charge in [0.2, 0.25) is 11.8 Å². The van der Waals surface area contributed by atoms with Gasteiger partial charge >= 0.3 is 0 Å². The van der Waals surface area contributed by atoms with Crippen molar-refractivity contribution in [3.63, 3.8) is 0 Å². The highest BCUT2D eigenvalue weighted by atomic mass is 35.5. The second-order valence-electron chi connectivity index (χ2n) is 6.24. The fourth-order valence-corrected chi connectivity index (χ4v) is 4.15. The lowest BCUT2D eigenvalue weighted by Gasteiger charge is -2.27. The summed E-state index contributed by atoms with van der Waals surface area (Å²) in [6.07, 6.45) is -0.178. The first-order valence-electron chi connectivity index (χ1n) is 8.51. The third-order valence-electron chi connectivity index (χ3n) is 4.23. The molecule has 0 bridgehead atoms. The number of ether oxygens (including phenoxy) is 2. The van der Waals surface area contributed by atoms with Gasteiger partial charge in [-0.05, 0) is 30.3 Å². The lowest BCUT2D eigenvalue weighted by molar-refractivity contribution is -0.124. The van der Waals surface area contributed by atoms with Gasteiger partial charge in [-0.15, -0.1) is 11.8 Å². The first-order chi connectivity index (χ1) is 13.1. The smallest absolute Gasteiger partial charge is 0.238 e. The molecule has 8 heteroatoms. The van der Waals surface area contributed by atoms with Crippen molar-refractivity contribution >= 4 is 40.9 Å². The van der Waals surface area contributed by atoms with Crippen LogP contribution in [0, 0.1) is 0 Å². The Morgan fingerprint density at radius 2 is 2.07 bits per heavy atom. The first-order valence-corrected chi connectivity index (χ1v) is 9.76. The van der Waals surface area contributed by atoms with E-state index < -0.39 is 5.25 Å². The summed E-state index contributed by atoms with van der Waals surface area (Å²) in [6.45, 7) is 0.683. The van der Waals surface area contributed by atoms with Crippen LogP contribution < -0.4 is 20.1 Å². The Morgan fingerprint density at radius 1 is 1.26 bits per heavy atom. The molecule has 4 rings (SSSR count). The molecule has 2 atom stereocenters. The standard InChI is InChI=1S/C19H17ClN2O4S/c20-11-5-6-16-13(7-11)22-19(24)17(27-16)8-18(23)21-9-12-10-25-14-3-1-2-4-15(14)26-12/h1-7,12,17H,8-10H2,(H,21,23)(H,22,24)/t12-,17+/m0/s1. The molecule has 0 unspecified atom stereocenters. The fraction of sp³-hybridized carbons (Fsp3) is 0.263. The van der Waals surface area contributed by atoms with Gasteiger partial charge in [0.25, 0.3) is 0 Å². The van der Waals surface area contributed by atoms with E-state index in [0.717, 1.165) is 4.90 Å². The van der Waals surface area contributed by atoms with E-state index in [1.165, 1.54) is 11.8 Å². The molecule has 2 N–H and O–H groups in total. The van der Waals surface area contributed by atoms with Crippen LogP contribution in [0.5, 0.6) is 11.5 Å². The number of rotatable bonds is 4. The number of carbonyl (C=O) groups excluding carboxylic acids is 2. The van der Waals surface area contributed by atoms with Crippen LogP contribution in [-0.2, 0) is 9.59 Å². The van der Waals surface area contributed by atoms with Crippen LogP contribution in [0.15, 0.2) is 47.4 Å². The molecule has 0 fully saturated rings. The van der Waals surface area contributed by atoms with E-state index in [0.29, 0.717) is 35.4 Å². The van der Waals surface area contributed by atoms with Gasteiger partial charge in [0.15, 0.2) is 11.5 Å². The van der Waals surface area contributed by atoms with Crippen LogP contribution in [-0.4, -0.2) is 36.3 Å². The van der Waals surface area contributed by atoms with Crippen LogP contribution in [0.1, 0.15) is 6.42 Å². The van der Waals surface area contributed by atoms with Crippen LogP contribution >= 0.6 is 23.4 Å². The molecule has 0 aliphatic carbocycles. The number of fused-ring (bicyclic) bond motifs is 2. The maximum atomic E-state index is 12.3. The highest BCUT2D eigenvalue weighted by molar-refractivity contribution is 8.01. The minimum atomic E-state index is -0.483. The molecule has 2 aromatic carbocycles. The van der Waals surface area contributed by atoms with E-state index in [9.17, 15) is 9.59 Å². The average Bonchev–Trinajstić information content (AvgIpc) is 2.67. The van der Waals surface area contributed by atoms with Crippen molar-refractivity contribution in [2.24, 2.45) is 0 Å². The molecule has 0 saturated heterocycles. The molecule has 27 heavy (non-hydrogen) atoms. The van der Waals surface area contributed by atoms with Crippen molar-refractivity contribution in [1.82, 2.24) is 5.32 Å². The Kier molecular flexibility index (Phi) is 5.13. The summed E-state index contributed by atoms with van der Waals surface area (Å²) in [6, 6.07) is 12.7. The Morgan fingerprint density at radius 3 is 2.93 bits per heavy atom. The molecular weight excluding hydrogens is 388 g/mol. The zero-order chi connectivity index (χ0) is 18.8. The SMILES string of the molecule is O=C(C[C@H]1Sc2ccc(Cl)cc2NC1=O)NC[C@H]1COc2ccccc2O1. The quantitative estimate of drug-likeness (QED) is 0.818. The van der Waals surface area contributed by atoms with Gasteiger partial charge in [0, 0.05) is 16.3 Å². The lowest BCUT2D eigenvalue weighted by Crippen LogP contribution is -2.42. The summed E-state index contributed by atoms with van der Waals surface area (Å²) < 4.78 is 11.4. The van der Waals surface area contributed by atoms with Gasteiger partial charge in [-0.25, -0.2) is 0 Å². The number of carbonyl (C=O) groups is 2. The van der Waals surface area contributed by atoms with Crippen LogP contribution in [0.2, 0.25) is 5.02 Å². The maximum absolute atomic E-state index is 12.3. The van der Waals surface area contributed by atoms with E-state index >= 15 is 0 Å². The van der Waals surface area contributed by atoms with Crippen molar-refractivity contribution in [1.29, 1.82) is 0 Å². The summed E-state index contributed by atoms with van der Waals surface area (Å²) >= 11 is 7.31. The van der Waals surface area contributed by atoms with E-state index in [1.807, 2.05) is 30.3 Å². The molecule has 2 heterocycles. The summed E-state index contributed by atoms with van der Waals surface area (Å²) in [7, 11) is 0. The van der Waals surface area contributed by atoms with E-state index in [1.54, 1.807) is 12.1 Å². The van der Waals surface area contributed by atoms with Crippen LogP contribution in [0.4, 0.5) is 5.69 Å². The number of nitrogens with one attached hydrogen (secondary N) is 2. The number of para-hydroxylation sites is 2. The molecule has 6 nitrogen and oxygen atoms in total. The normalized spacial score (nSPS) is 20.4. The molecule has 0 aromatic heterocycles. The molecule has 0 saturated carbocycles. The largest absolute Gasteiger partial charge is 0.486 e. The predicted molar refractivity (Wildman–Crippen MR) is 104 cm³/mol. The number of hydrogen-bond donors (Lipinski definition) is 2. The highest BCUT2D eigenvalue weighted by Gasteiger charge is 2.29. The third-order valence-corrected chi connectivity index (χ3v) is 5.74. The maximum Gasteiger partial charge on any atom is 0.238 e. The molecular formula is C19H17ClN2O4S. The Balaban J connectivity index is 1.30. The van der Waals surface area contributed by atoms with E-state index in [-0.39, 0.29) is 24.3 Å². The van der Waals surface area contributed by atoms with Gasteiger partial charge in [-0.3, -0.25) is 9.59 Å². The molecule has 2 aliphatic heterocycles. The number of anilines is 1. The fourth-order valence-electron chi connectivity index (χ4n) is 2.89. The van der Waals surface area contributed by atoms with Gasteiger partial charge in [-0.2, -0.15) is 0 Å². The highest BCUT2D eigenvalue weighted by Crippen LogP contribution is 2.38. The summed E-state index contributed by atoms with van der Waals surface area (Å²) in [5.41, 5.74) is 0.681. The number of hydrogen-bond acceptors (Lipinski definition) is 5. The first kappa shape index (κ1) is 18.0. The minimum absolute atomic E-state index is 0.0860. The van der Waals surface area contributed by atoms with Crippen molar-refractivity contribution in [3.8, 4) is 11.5 Å². The predicted octanol–water partition coefficient (Wildman–Crippen LogP) is 3.10. The summed E-state index contributed by atoms with van der Waals surface area (Å²) in [5, 5.41) is 5.70. The molecule has 140 valence electrons. The Hall–Kier alpha value is -2.38. The van der Waals surface area contributed by atoms with Gasteiger partial charge in [0.05, 0.1) is 17.5 Å². The Labute approximate surface area is 165 Å². The summed E-state index contributed by atoms with van der Waals surface area (Å²) in [5.74, 6) is 0.966. The monoisotopic (exact) mass is 404 g/mol. The number of benzene rings is 2. The van der Waals surface area contributed by atoms with E-state index in [4.69, 9.17) is 21.1 Å². The van der Waals surface area contributed by atoms with Gasteiger partial charge < -0.3 is 20.1 Å². The lowest BCUT2D eigenvalue weighted by atomic mass is 10.2. The van der Waals surface area contributed by atoms with Crippen molar-refractivity contribution in [3.05, 3.63) is 47.5 Å². The second kappa shape index (κ2) is 7.70. The average molecular weight is 405 g/mol. The van der Waals surface area contributed by atoms with Gasteiger partial charge in [-0.1, -0.05) is 23.7 Å². The third kappa shape index (κ3) is 4.14. The number of amides is 2. The summed E-state index contributed by atoms with van der Waals surface area (Å²) in [4.78, 5) is 25.4. The van der Waals surface area contributed by atoms with E-state index in [2.05, 4.69) is 10.6 Å². The molecule has 2 amide bonds. The zero-order valence-corrected chi connectivity index (χ0v) is 15.8. The molecule has 0 radical (unpaired) electrons. The Bertz CT molecular complexity index is 892. The molecule has 2 aromatic rings. The topological polar surface area (TPSA) is 76.7 Å². The second-order valence-corrected chi connectivity index (χ2v) is 7.92. The number of halogens is 1. The molecule has 0 spiro atoms. The van der Waals surface area contributed by atoms with Gasteiger partial charge in [0.1, 0.15) is 12.7 Å². The zero-order valence-electron chi connectivity index (χ0n) is 14.2. The molecule has 2 aliphatic rings. The number of thioether (sulfide) groups is 1. The van der Waals surface area contributed by atoms with Crippen LogP contribution in [0.25, 0.3) is 0 Å².